The smallest absolute Gasteiger partial charge is 0.129 e. The summed E-state index contributed by atoms with van der Waals surface area (Å²) in [4.78, 5) is 10.7. The second-order valence-corrected chi connectivity index (χ2v) is 4.06. The van der Waals surface area contributed by atoms with Crippen LogP contribution in [0, 0.1) is 6.92 Å². The first kappa shape index (κ1) is 12.1. The van der Waals surface area contributed by atoms with E-state index in [9.17, 15) is 5.11 Å². The Bertz CT molecular complexity index is 324. The Morgan fingerprint density at radius 2 is 2.13 bits per heavy atom. The highest BCUT2D eigenvalue weighted by molar-refractivity contribution is 5.18. The second-order valence-electron chi connectivity index (χ2n) is 4.06. The Hall–Kier alpha value is -1.00. The normalized spacial score (nSPS) is 13.2. The van der Waals surface area contributed by atoms with Crippen LogP contribution in [-0.2, 0) is 6.42 Å². The van der Waals surface area contributed by atoms with E-state index in [-0.39, 0.29) is 0 Å². The molecule has 1 aromatic heterocycles. The van der Waals surface area contributed by atoms with Gasteiger partial charge in [0.1, 0.15) is 5.82 Å². The summed E-state index contributed by atoms with van der Waals surface area (Å²) in [6, 6.07) is 0. The van der Waals surface area contributed by atoms with Crippen molar-refractivity contribution in [3.05, 3.63) is 23.3 Å². The molecule has 84 valence electrons. The molecule has 0 aromatic carbocycles. The fourth-order valence-corrected chi connectivity index (χ4v) is 1.38. The maximum absolute atomic E-state index is 9.43. The van der Waals surface area contributed by atoms with Crippen LogP contribution >= 0.6 is 0 Å². The van der Waals surface area contributed by atoms with Gasteiger partial charge in [-0.25, -0.2) is 9.97 Å². The topological polar surface area (TPSA) is 49.2 Å². The minimum atomic E-state index is -0.493. The predicted molar refractivity (Wildman–Crippen MR) is 59.7 cm³/mol. The molecule has 0 spiro atoms. The SMILES string of the molecule is Cc1nc(CCN(C)C)ncc1C(C)O. The molecular weight excluding hydrogens is 190 g/mol. The van der Waals surface area contributed by atoms with Crippen LogP contribution in [0.2, 0.25) is 0 Å². The lowest BCUT2D eigenvalue weighted by Crippen LogP contribution is -2.17. The third-order valence-corrected chi connectivity index (χ3v) is 2.30. The number of aromatic nitrogens is 2. The molecule has 1 N–H and O–H groups in total. The second kappa shape index (κ2) is 5.19. The van der Waals surface area contributed by atoms with Crippen molar-refractivity contribution in [3.8, 4) is 0 Å². The monoisotopic (exact) mass is 209 g/mol. The van der Waals surface area contributed by atoms with Gasteiger partial charge in [-0.2, -0.15) is 0 Å². The molecule has 1 aromatic rings. The van der Waals surface area contributed by atoms with Crippen LogP contribution in [0.25, 0.3) is 0 Å². The van der Waals surface area contributed by atoms with Gasteiger partial charge < -0.3 is 10.0 Å². The van der Waals surface area contributed by atoms with Gasteiger partial charge >= 0.3 is 0 Å². The highest BCUT2D eigenvalue weighted by Crippen LogP contribution is 2.13. The quantitative estimate of drug-likeness (QED) is 0.802. The van der Waals surface area contributed by atoms with Crippen molar-refractivity contribution in [3.63, 3.8) is 0 Å². The minimum absolute atomic E-state index is 0.493. The van der Waals surface area contributed by atoms with Gasteiger partial charge in [-0.15, -0.1) is 0 Å². The van der Waals surface area contributed by atoms with E-state index < -0.39 is 6.10 Å². The molecule has 0 amide bonds. The summed E-state index contributed by atoms with van der Waals surface area (Å²) in [5.41, 5.74) is 1.68. The van der Waals surface area contributed by atoms with Gasteiger partial charge in [-0.3, -0.25) is 0 Å². The van der Waals surface area contributed by atoms with E-state index in [0.29, 0.717) is 0 Å². The third kappa shape index (κ3) is 3.57. The summed E-state index contributed by atoms with van der Waals surface area (Å²) in [6.07, 6.45) is 2.07. The zero-order valence-corrected chi connectivity index (χ0v) is 9.86. The lowest BCUT2D eigenvalue weighted by atomic mass is 10.1. The number of hydrogen-bond acceptors (Lipinski definition) is 4. The van der Waals surface area contributed by atoms with Gasteiger partial charge in [0.15, 0.2) is 0 Å². The summed E-state index contributed by atoms with van der Waals surface area (Å²) >= 11 is 0. The molecule has 15 heavy (non-hydrogen) atoms. The number of nitrogens with zero attached hydrogens (tertiary/aromatic N) is 3. The summed E-state index contributed by atoms with van der Waals surface area (Å²) in [5.74, 6) is 0.839. The van der Waals surface area contributed by atoms with Crippen molar-refractivity contribution in [2.75, 3.05) is 20.6 Å². The van der Waals surface area contributed by atoms with E-state index in [4.69, 9.17) is 0 Å². The standard InChI is InChI=1S/C11H19N3O/c1-8-10(9(2)15)7-12-11(13-8)5-6-14(3)4/h7,9,15H,5-6H2,1-4H3. The Labute approximate surface area is 91.0 Å². The summed E-state index contributed by atoms with van der Waals surface area (Å²) in [5, 5.41) is 9.43. The van der Waals surface area contributed by atoms with Gasteiger partial charge in [-0.05, 0) is 27.9 Å². The fraction of sp³-hybridized carbons (Fsp3) is 0.636. The Kier molecular flexibility index (Phi) is 4.17. The highest BCUT2D eigenvalue weighted by atomic mass is 16.3. The van der Waals surface area contributed by atoms with Crippen LogP contribution in [0.5, 0.6) is 0 Å². The lowest BCUT2D eigenvalue weighted by Gasteiger charge is -2.11. The molecule has 1 unspecified atom stereocenters. The van der Waals surface area contributed by atoms with Crippen LogP contribution in [-0.4, -0.2) is 40.6 Å². The first-order chi connectivity index (χ1) is 7.00. The van der Waals surface area contributed by atoms with E-state index in [1.54, 1.807) is 13.1 Å². The molecule has 0 bridgehead atoms. The van der Waals surface area contributed by atoms with Crippen molar-refractivity contribution in [2.45, 2.75) is 26.4 Å². The van der Waals surface area contributed by atoms with Crippen molar-refractivity contribution in [1.29, 1.82) is 0 Å². The molecule has 0 aliphatic carbocycles. The average Bonchev–Trinajstić information content (AvgIpc) is 2.14. The zero-order valence-electron chi connectivity index (χ0n) is 9.86. The Morgan fingerprint density at radius 3 is 2.60 bits per heavy atom. The Morgan fingerprint density at radius 1 is 1.47 bits per heavy atom. The maximum atomic E-state index is 9.43. The van der Waals surface area contributed by atoms with Gasteiger partial charge in [0.05, 0.1) is 6.10 Å². The maximum Gasteiger partial charge on any atom is 0.129 e. The molecule has 1 rings (SSSR count). The molecule has 4 heteroatoms. The number of hydrogen-bond donors (Lipinski definition) is 1. The van der Waals surface area contributed by atoms with E-state index in [0.717, 1.165) is 30.0 Å². The van der Waals surface area contributed by atoms with Crippen LogP contribution in [0.4, 0.5) is 0 Å². The van der Waals surface area contributed by atoms with Crippen LogP contribution < -0.4 is 0 Å². The summed E-state index contributed by atoms with van der Waals surface area (Å²) in [6.45, 7) is 4.57. The van der Waals surface area contributed by atoms with E-state index in [1.807, 2.05) is 21.0 Å². The molecule has 0 saturated carbocycles. The van der Waals surface area contributed by atoms with Crippen LogP contribution in [0.3, 0.4) is 0 Å². The molecule has 0 aliphatic rings. The Balaban J connectivity index is 2.73. The van der Waals surface area contributed by atoms with Crippen molar-refractivity contribution in [1.82, 2.24) is 14.9 Å². The van der Waals surface area contributed by atoms with Crippen molar-refractivity contribution < 1.29 is 5.11 Å². The number of aliphatic hydroxyl groups is 1. The third-order valence-electron chi connectivity index (χ3n) is 2.30. The molecule has 0 radical (unpaired) electrons. The van der Waals surface area contributed by atoms with Gasteiger partial charge in [0, 0.05) is 30.4 Å². The molecule has 0 saturated heterocycles. The molecular formula is C11H19N3O. The summed E-state index contributed by atoms with van der Waals surface area (Å²) in [7, 11) is 4.05. The van der Waals surface area contributed by atoms with Crippen molar-refractivity contribution in [2.24, 2.45) is 0 Å². The first-order valence-electron chi connectivity index (χ1n) is 5.16. The molecule has 0 aliphatic heterocycles. The largest absolute Gasteiger partial charge is 0.389 e. The first-order valence-corrected chi connectivity index (χ1v) is 5.16. The predicted octanol–water partition coefficient (Wildman–Crippen LogP) is 0.942. The van der Waals surface area contributed by atoms with E-state index >= 15 is 0 Å². The van der Waals surface area contributed by atoms with Crippen LogP contribution in [0.1, 0.15) is 30.1 Å². The van der Waals surface area contributed by atoms with Gasteiger partial charge in [0.2, 0.25) is 0 Å². The van der Waals surface area contributed by atoms with Crippen LogP contribution in [0.15, 0.2) is 6.20 Å². The lowest BCUT2D eigenvalue weighted by molar-refractivity contribution is 0.197. The number of likely N-dealkylation sites (N-methyl/N-ethyl adjacent to an activating group) is 1. The number of aryl methyl sites for hydroxylation is 1. The van der Waals surface area contributed by atoms with Gasteiger partial charge in [-0.1, -0.05) is 0 Å². The molecule has 1 atom stereocenters. The molecule has 4 nitrogen and oxygen atoms in total. The molecule has 0 fully saturated rings. The molecule has 1 heterocycles. The number of rotatable bonds is 4. The number of aliphatic hydroxyl groups excluding tert-OH is 1. The minimum Gasteiger partial charge on any atom is -0.389 e. The average molecular weight is 209 g/mol. The van der Waals surface area contributed by atoms with Gasteiger partial charge in [0.25, 0.3) is 0 Å². The van der Waals surface area contributed by atoms with E-state index in [2.05, 4.69) is 14.9 Å². The highest BCUT2D eigenvalue weighted by Gasteiger charge is 2.07. The summed E-state index contributed by atoms with van der Waals surface area (Å²) < 4.78 is 0. The van der Waals surface area contributed by atoms with Crippen molar-refractivity contribution >= 4 is 0 Å². The zero-order chi connectivity index (χ0) is 11.4. The fourth-order valence-electron chi connectivity index (χ4n) is 1.38. The van der Waals surface area contributed by atoms with E-state index in [1.165, 1.54) is 0 Å².